The predicted octanol–water partition coefficient (Wildman–Crippen LogP) is 7.90. The molecule has 2 aromatic rings. The van der Waals surface area contributed by atoms with Crippen molar-refractivity contribution < 1.29 is 44.7 Å². The second-order valence-corrected chi connectivity index (χ2v) is 10.3. The molecule has 0 bridgehead atoms. The summed E-state index contributed by atoms with van der Waals surface area (Å²) >= 11 is 1.68. The molecule has 0 aliphatic carbocycles. The quantitative estimate of drug-likeness (QED) is 0.369. The van der Waals surface area contributed by atoms with E-state index in [4.69, 9.17) is 4.74 Å². The lowest BCUT2D eigenvalue weighted by Crippen LogP contribution is -2.50. The molecule has 1 saturated heterocycles. The van der Waals surface area contributed by atoms with Crippen molar-refractivity contribution in [3.63, 3.8) is 0 Å². The minimum atomic E-state index is -6.05. The Labute approximate surface area is 207 Å². The molecule has 3 rings (SSSR count). The molecule has 1 amide bonds. The van der Waals surface area contributed by atoms with Crippen LogP contribution in [0, 0.1) is 5.82 Å². The number of ether oxygens (including phenoxy) is 1. The molecule has 1 aliphatic heterocycles. The predicted molar refractivity (Wildman–Crippen MR) is 120 cm³/mol. The highest BCUT2D eigenvalue weighted by molar-refractivity contribution is 8.00. The molecule has 1 atom stereocenters. The van der Waals surface area contributed by atoms with Crippen LogP contribution < -0.4 is 0 Å². The number of halogens is 8. The van der Waals surface area contributed by atoms with Gasteiger partial charge in [0.25, 0.3) is 0 Å². The fourth-order valence-electron chi connectivity index (χ4n) is 3.18. The maximum absolute atomic E-state index is 13.3. The number of nitrogens with zero attached hydrogens (tertiary/aromatic N) is 1. The van der Waals surface area contributed by atoms with Gasteiger partial charge >= 0.3 is 24.1 Å². The van der Waals surface area contributed by atoms with E-state index in [0.717, 1.165) is 23.4 Å². The maximum atomic E-state index is 13.3. The zero-order valence-corrected chi connectivity index (χ0v) is 20.4. The normalized spacial score (nSPS) is 16.9. The van der Waals surface area contributed by atoms with Gasteiger partial charge in [-0.2, -0.15) is 26.3 Å². The van der Waals surface area contributed by atoms with Crippen LogP contribution in [0.1, 0.15) is 32.8 Å². The third-order valence-electron chi connectivity index (χ3n) is 4.87. The molecule has 0 radical (unpaired) electrons. The van der Waals surface area contributed by atoms with E-state index in [9.17, 15) is 39.9 Å². The minimum absolute atomic E-state index is 0.226. The van der Waals surface area contributed by atoms with Crippen molar-refractivity contribution in [1.29, 1.82) is 0 Å². The average Bonchev–Trinajstić information content (AvgIpc) is 3.22. The summed E-state index contributed by atoms with van der Waals surface area (Å²) in [5, 5.41) is 0.341. The summed E-state index contributed by atoms with van der Waals surface area (Å²) in [5.74, 6) is -0.226. The number of amides is 1. The van der Waals surface area contributed by atoms with Crippen molar-refractivity contribution >= 4 is 17.9 Å². The van der Waals surface area contributed by atoms with Gasteiger partial charge in [0.2, 0.25) is 0 Å². The molecule has 0 N–H and O–H groups in total. The minimum Gasteiger partial charge on any atom is -0.444 e. The van der Waals surface area contributed by atoms with Crippen LogP contribution in [-0.4, -0.2) is 47.3 Å². The van der Waals surface area contributed by atoms with E-state index in [0.29, 0.717) is 30.5 Å². The smallest absolute Gasteiger partial charge is 0.435 e. The van der Waals surface area contributed by atoms with Crippen LogP contribution in [0.15, 0.2) is 59.5 Å². The van der Waals surface area contributed by atoms with Gasteiger partial charge in [-0.05, 0) is 51.5 Å². The standard InChI is InChI=1S/C15H20FNO2S.C9H5F7/c1-15(2,3)19-14(18)17-9-8-13(10-17)20-12-6-4-11(16)5-7-12;10-7(8(11,12)13,9(14,15)16)6-4-2-1-3-5-6/h4-7,13H,8-10H2,1-3H3;1-5H. The highest BCUT2D eigenvalue weighted by Crippen LogP contribution is 2.53. The molecule has 2 aromatic carbocycles. The van der Waals surface area contributed by atoms with E-state index in [1.165, 1.54) is 18.2 Å². The highest BCUT2D eigenvalue weighted by Gasteiger charge is 2.73. The first-order valence-corrected chi connectivity index (χ1v) is 11.6. The summed E-state index contributed by atoms with van der Waals surface area (Å²) in [4.78, 5) is 14.7. The van der Waals surface area contributed by atoms with Gasteiger partial charge in [-0.25, -0.2) is 13.6 Å². The number of rotatable bonds is 3. The molecule has 1 aliphatic rings. The van der Waals surface area contributed by atoms with Crippen LogP contribution in [0.2, 0.25) is 0 Å². The van der Waals surface area contributed by atoms with Crippen molar-refractivity contribution in [2.24, 2.45) is 0 Å². The van der Waals surface area contributed by atoms with Gasteiger partial charge < -0.3 is 9.64 Å². The Morgan fingerprint density at radius 3 is 1.89 bits per heavy atom. The largest absolute Gasteiger partial charge is 0.444 e. The van der Waals surface area contributed by atoms with Gasteiger partial charge in [0, 0.05) is 28.8 Å². The van der Waals surface area contributed by atoms with Crippen molar-refractivity contribution in [2.75, 3.05) is 13.1 Å². The van der Waals surface area contributed by atoms with E-state index >= 15 is 0 Å². The monoisotopic (exact) mass is 543 g/mol. The molecule has 1 heterocycles. The molecule has 0 spiro atoms. The Morgan fingerprint density at radius 2 is 1.42 bits per heavy atom. The Balaban J connectivity index is 0.000000261. The Kier molecular flexibility index (Phi) is 9.30. The third kappa shape index (κ3) is 7.75. The number of carbonyl (C=O) groups excluding carboxylic acids is 1. The van der Waals surface area contributed by atoms with Gasteiger partial charge in [-0.15, -0.1) is 11.8 Å². The Bertz CT molecular complexity index is 974. The van der Waals surface area contributed by atoms with Crippen LogP contribution in [0.5, 0.6) is 0 Å². The molecule has 3 nitrogen and oxygen atoms in total. The lowest BCUT2D eigenvalue weighted by atomic mass is 9.94. The molecule has 0 saturated carbocycles. The summed E-state index contributed by atoms with van der Waals surface area (Å²) in [7, 11) is 0. The Hall–Kier alpha value is -2.50. The first-order valence-electron chi connectivity index (χ1n) is 10.7. The van der Waals surface area contributed by atoms with Gasteiger partial charge in [0.05, 0.1) is 0 Å². The van der Waals surface area contributed by atoms with Crippen molar-refractivity contribution in [2.45, 2.75) is 61.0 Å². The second-order valence-electron chi connectivity index (χ2n) is 8.93. The average molecular weight is 544 g/mol. The topological polar surface area (TPSA) is 29.5 Å². The van der Waals surface area contributed by atoms with Gasteiger partial charge in [0.1, 0.15) is 11.4 Å². The van der Waals surface area contributed by atoms with E-state index < -0.39 is 29.2 Å². The zero-order valence-electron chi connectivity index (χ0n) is 19.6. The number of hydrogen-bond acceptors (Lipinski definition) is 3. The van der Waals surface area contributed by atoms with Crippen LogP contribution in [-0.2, 0) is 10.4 Å². The molecule has 1 fully saturated rings. The first-order chi connectivity index (χ1) is 16.4. The van der Waals surface area contributed by atoms with Crippen molar-refractivity contribution in [3.8, 4) is 0 Å². The summed E-state index contributed by atoms with van der Waals surface area (Å²) in [5.41, 5.74) is -7.27. The zero-order chi connectivity index (χ0) is 27.4. The second kappa shape index (κ2) is 11.3. The fraction of sp³-hybridized carbons (Fsp3) is 0.458. The number of likely N-dealkylation sites (tertiary alicyclic amines) is 1. The van der Waals surface area contributed by atoms with Crippen LogP contribution in [0.3, 0.4) is 0 Å². The van der Waals surface area contributed by atoms with Crippen LogP contribution in [0.25, 0.3) is 0 Å². The molecule has 0 aromatic heterocycles. The number of carbonyl (C=O) groups is 1. The van der Waals surface area contributed by atoms with E-state index in [2.05, 4.69) is 0 Å². The van der Waals surface area contributed by atoms with Gasteiger partial charge in [-0.3, -0.25) is 0 Å². The lowest BCUT2D eigenvalue weighted by molar-refractivity contribution is -0.348. The molecular formula is C24H25F8NO2S. The maximum Gasteiger partial charge on any atom is 0.435 e. The van der Waals surface area contributed by atoms with Crippen LogP contribution >= 0.6 is 11.8 Å². The number of alkyl halides is 7. The SMILES string of the molecule is CC(C)(C)OC(=O)N1CCC(Sc2ccc(F)cc2)C1.FC(F)(F)C(F)(c1ccccc1)C(F)(F)F. The summed E-state index contributed by atoms with van der Waals surface area (Å²) in [6.45, 7) is 6.99. The summed E-state index contributed by atoms with van der Waals surface area (Å²) in [6.07, 6.45) is -11.4. The van der Waals surface area contributed by atoms with Crippen molar-refractivity contribution in [3.05, 3.63) is 66.0 Å². The molecular weight excluding hydrogens is 518 g/mol. The van der Waals surface area contributed by atoms with Gasteiger partial charge in [0.15, 0.2) is 0 Å². The number of hydrogen-bond donors (Lipinski definition) is 0. The molecule has 12 heteroatoms. The summed E-state index contributed by atoms with van der Waals surface area (Å²) in [6, 6.07) is 10.4. The summed E-state index contributed by atoms with van der Waals surface area (Å²) < 4.78 is 105. The Morgan fingerprint density at radius 1 is 0.889 bits per heavy atom. The number of benzene rings is 2. The van der Waals surface area contributed by atoms with Crippen LogP contribution in [0.4, 0.5) is 39.9 Å². The fourth-order valence-corrected chi connectivity index (χ4v) is 4.33. The number of thioether (sulfide) groups is 1. The molecule has 200 valence electrons. The third-order valence-corrected chi connectivity index (χ3v) is 6.13. The molecule has 1 unspecified atom stereocenters. The molecule has 36 heavy (non-hydrogen) atoms. The first kappa shape index (κ1) is 29.7. The van der Waals surface area contributed by atoms with E-state index in [-0.39, 0.29) is 11.9 Å². The lowest BCUT2D eigenvalue weighted by Gasteiger charge is -2.30. The van der Waals surface area contributed by atoms with Gasteiger partial charge in [-0.1, -0.05) is 30.3 Å². The van der Waals surface area contributed by atoms with E-state index in [1.54, 1.807) is 28.8 Å². The van der Waals surface area contributed by atoms with Crippen molar-refractivity contribution in [1.82, 2.24) is 4.90 Å². The highest BCUT2D eigenvalue weighted by atomic mass is 32.2. The van der Waals surface area contributed by atoms with E-state index in [1.807, 2.05) is 20.8 Å².